The normalized spacial score (nSPS) is 24.1. The van der Waals surface area contributed by atoms with E-state index in [0.717, 1.165) is 25.7 Å². The second-order valence-electron chi connectivity index (χ2n) is 9.74. The molecule has 0 aliphatic carbocycles. The van der Waals surface area contributed by atoms with Crippen LogP contribution >= 0.6 is 0 Å². The van der Waals surface area contributed by atoms with Crippen LogP contribution in [0, 0.1) is 0 Å². The maximum atomic E-state index is 13.9. The molecule has 0 saturated carbocycles. The number of ether oxygens (including phenoxy) is 2. The number of aromatic nitrogens is 6. The molecule has 0 bridgehead atoms. The predicted molar refractivity (Wildman–Crippen MR) is 138 cm³/mol. The number of aliphatic hydroxyl groups is 2. The summed E-state index contributed by atoms with van der Waals surface area (Å²) in [5.74, 6) is 0.865. The van der Waals surface area contributed by atoms with Gasteiger partial charge in [0.25, 0.3) is 0 Å². The van der Waals surface area contributed by atoms with Gasteiger partial charge in [-0.25, -0.2) is 19.9 Å². The Morgan fingerprint density at radius 1 is 0.789 bits per heavy atom. The Labute approximate surface area is 217 Å². The fourth-order valence-electron chi connectivity index (χ4n) is 5.16. The lowest BCUT2D eigenvalue weighted by Gasteiger charge is -2.29. The molecule has 2 aliphatic heterocycles. The Morgan fingerprint density at radius 3 is 1.66 bits per heavy atom. The molecule has 38 heavy (non-hydrogen) atoms. The van der Waals surface area contributed by atoms with E-state index in [2.05, 4.69) is 40.5 Å². The Morgan fingerprint density at radius 2 is 1.26 bits per heavy atom. The minimum Gasteiger partial charge on any atom is -0.394 e. The molecule has 2 saturated heterocycles. The zero-order valence-corrected chi connectivity index (χ0v) is 20.7. The monoisotopic (exact) mass is 522 g/mol. The van der Waals surface area contributed by atoms with Gasteiger partial charge in [0.1, 0.15) is 35.6 Å². The Kier molecular flexibility index (Phi) is 6.89. The first-order valence-electron chi connectivity index (χ1n) is 12.8. The number of ketones is 1. The molecule has 2 aliphatic rings. The van der Waals surface area contributed by atoms with Crippen LogP contribution in [-0.4, -0.2) is 96.6 Å². The van der Waals surface area contributed by atoms with Gasteiger partial charge in [0.05, 0.1) is 72.6 Å². The number of hydrogen-bond donors (Lipinski definition) is 6. The molecule has 6 heterocycles. The van der Waals surface area contributed by atoms with Gasteiger partial charge in [-0.3, -0.25) is 4.79 Å². The van der Waals surface area contributed by atoms with Crippen LogP contribution in [0.15, 0.2) is 25.0 Å². The maximum absolute atomic E-state index is 13.9. The quantitative estimate of drug-likeness (QED) is 0.184. The number of nitrogens with one attached hydrogen (secondary N) is 4. The van der Waals surface area contributed by atoms with Gasteiger partial charge in [0, 0.05) is 12.4 Å². The van der Waals surface area contributed by atoms with Crippen molar-refractivity contribution < 1.29 is 24.5 Å². The molecule has 13 nitrogen and oxygen atoms in total. The summed E-state index contributed by atoms with van der Waals surface area (Å²) in [6.07, 6.45) is 8.98. The number of fused-ring (bicyclic) bond motifs is 2. The zero-order valence-electron chi connectivity index (χ0n) is 20.7. The number of carbonyl (C=O) groups excluding carboxylic acids is 1. The molecule has 0 amide bonds. The highest BCUT2D eigenvalue weighted by Crippen LogP contribution is 2.31. The summed E-state index contributed by atoms with van der Waals surface area (Å²) in [6.45, 7) is 0.873. The van der Waals surface area contributed by atoms with E-state index < -0.39 is 0 Å². The number of H-pyrrole nitrogens is 2. The van der Waals surface area contributed by atoms with Crippen LogP contribution in [0.1, 0.15) is 41.6 Å². The minimum atomic E-state index is -0.223. The highest BCUT2D eigenvalue weighted by Gasteiger charge is 2.27. The van der Waals surface area contributed by atoms with Gasteiger partial charge in [0.2, 0.25) is 0 Å². The van der Waals surface area contributed by atoms with Crippen molar-refractivity contribution in [3.05, 3.63) is 36.2 Å². The Balaban J connectivity index is 1.30. The maximum Gasteiger partial charge on any atom is 0.197 e. The van der Waals surface area contributed by atoms with Crippen LogP contribution in [0.25, 0.3) is 22.1 Å². The van der Waals surface area contributed by atoms with Crippen molar-refractivity contribution in [3.8, 4) is 0 Å². The number of carbonyl (C=O) groups is 1. The van der Waals surface area contributed by atoms with E-state index in [1.165, 1.54) is 12.7 Å². The number of anilines is 2. The number of rotatable bonds is 8. The predicted octanol–water partition coefficient (Wildman–Crippen LogP) is 1.36. The molecule has 4 aromatic heterocycles. The van der Waals surface area contributed by atoms with E-state index in [1.807, 2.05) is 0 Å². The van der Waals surface area contributed by atoms with E-state index in [4.69, 9.17) is 9.47 Å². The molecule has 4 aromatic rings. The Hall–Kier alpha value is -3.65. The summed E-state index contributed by atoms with van der Waals surface area (Å²) in [5.41, 5.74) is 1.94. The van der Waals surface area contributed by atoms with Crippen LogP contribution in [-0.2, 0) is 9.47 Å². The molecule has 2 fully saturated rings. The third kappa shape index (κ3) is 4.69. The van der Waals surface area contributed by atoms with Crippen molar-refractivity contribution in [3.63, 3.8) is 0 Å². The van der Waals surface area contributed by atoms with E-state index in [0.29, 0.717) is 58.0 Å². The number of aliphatic hydroxyl groups excluding tert-OH is 2. The molecular weight excluding hydrogens is 492 g/mol. The van der Waals surface area contributed by atoms with Crippen molar-refractivity contribution in [1.29, 1.82) is 0 Å². The molecule has 13 heteroatoms. The summed E-state index contributed by atoms with van der Waals surface area (Å²) < 4.78 is 11.4. The van der Waals surface area contributed by atoms with Gasteiger partial charge in [-0.05, 0) is 25.7 Å². The molecule has 6 N–H and O–H groups in total. The van der Waals surface area contributed by atoms with Crippen LogP contribution in [0.5, 0.6) is 0 Å². The molecule has 0 aromatic carbocycles. The van der Waals surface area contributed by atoms with Gasteiger partial charge in [-0.2, -0.15) is 0 Å². The summed E-state index contributed by atoms with van der Waals surface area (Å²) in [5, 5.41) is 26.7. The second-order valence-corrected chi connectivity index (χ2v) is 9.74. The average molecular weight is 523 g/mol. The third-order valence-corrected chi connectivity index (χ3v) is 7.26. The van der Waals surface area contributed by atoms with Crippen molar-refractivity contribution in [2.24, 2.45) is 0 Å². The summed E-state index contributed by atoms with van der Waals surface area (Å²) in [4.78, 5) is 37.6. The van der Waals surface area contributed by atoms with Crippen LogP contribution in [0.4, 0.5) is 11.6 Å². The zero-order chi connectivity index (χ0) is 26.1. The van der Waals surface area contributed by atoms with Crippen molar-refractivity contribution >= 4 is 39.5 Å². The summed E-state index contributed by atoms with van der Waals surface area (Å²) >= 11 is 0. The lowest BCUT2D eigenvalue weighted by Crippen LogP contribution is -2.36. The molecule has 0 radical (unpaired) electrons. The molecule has 4 atom stereocenters. The molecule has 6 rings (SSSR count). The SMILES string of the molecule is O=C(c1c[nH]c2ncnc(N[C@@H]3CC[C@@H](CO)OC3)c12)c1c[nH]c2ncnc(N[C@@H]3CC[C@@H](CO)OC3)c12. The van der Waals surface area contributed by atoms with E-state index >= 15 is 0 Å². The molecule has 0 unspecified atom stereocenters. The Bertz CT molecular complexity index is 1320. The van der Waals surface area contributed by atoms with Gasteiger partial charge >= 0.3 is 0 Å². The number of aromatic amines is 2. The topological polar surface area (TPSA) is 183 Å². The first kappa shape index (κ1) is 24.7. The summed E-state index contributed by atoms with van der Waals surface area (Å²) in [6, 6.07) is -0.0108. The van der Waals surface area contributed by atoms with Crippen LogP contribution < -0.4 is 10.6 Å². The second kappa shape index (κ2) is 10.6. The third-order valence-electron chi connectivity index (χ3n) is 7.26. The van der Waals surface area contributed by atoms with Crippen molar-refractivity contribution in [2.75, 3.05) is 37.1 Å². The van der Waals surface area contributed by atoms with E-state index in [9.17, 15) is 15.0 Å². The molecule has 0 spiro atoms. The fourth-order valence-corrected chi connectivity index (χ4v) is 5.16. The standard InChI is InChI=1S/C25H30N8O5/c34-7-15-3-1-13(9-37-15)32-24-19-17(5-26-22(19)28-11-30-24)21(36)18-6-27-23-20(18)25(31-12-29-23)33-14-2-4-16(8-35)38-10-14/h5-6,11-16,34-35H,1-4,7-10H2,(H2,26,28,30,32)(H2,27,29,31,33)/t13-,14-,15+,16+/m1/s1. The van der Waals surface area contributed by atoms with Gasteiger partial charge < -0.3 is 40.3 Å². The lowest BCUT2D eigenvalue weighted by atomic mass is 10.0. The molecular formula is C25H30N8O5. The molecule has 200 valence electrons. The van der Waals surface area contributed by atoms with E-state index in [1.54, 1.807) is 12.4 Å². The number of nitrogens with zero attached hydrogens (tertiary/aromatic N) is 4. The fraction of sp³-hybridized carbons (Fsp3) is 0.480. The first-order valence-corrected chi connectivity index (χ1v) is 12.8. The smallest absolute Gasteiger partial charge is 0.197 e. The highest BCUT2D eigenvalue weighted by molar-refractivity contribution is 6.23. The van der Waals surface area contributed by atoms with Gasteiger partial charge in [-0.15, -0.1) is 0 Å². The van der Waals surface area contributed by atoms with Crippen LogP contribution in [0.3, 0.4) is 0 Å². The van der Waals surface area contributed by atoms with Crippen LogP contribution in [0.2, 0.25) is 0 Å². The lowest BCUT2D eigenvalue weighted by molar-refractivity contribution is -0.0224. The van der Waals surface area contributed by atoms with Gasteiger partial charge in [-0.1, -0.05) is 0 Å². The minimum absolute atomic E-state index is 0.00304. The largest absolute Gasteiger partial charge is 0.394 e. The van der Waals surface area contributed by atoms with Crippen molar-refractivity contribution in [2.45, 2.75) is 50.0 Å². The summed E-state index contributed by atoms with van der Waals surface area (Å²) in [7, 11) is 0. The van der Waals surface area contributed by atoms with Gasteiger partial charge in [0.15, 0.2) is 5.78 Å². The van der Waals surface area contributed by atoms with E-state index in [-0.39, 0.29) is 43.3 Å². The highest BCUT2D eigenvalue weighted by atomic mass is 16.5. The average Bonchev–Trinajstić information content (AvgIpc) is 3.60. The number of hydrogen-bond acceptors (Lipinski definition) is 11. The first-order chi connectivity index (χ1) is 18.6. The van der Waals surface area contributed by atoms with Crippen molar-refractivity contribution in [1.82, 2.24) is 29.9 Å².